The fourth-order valence-electron chi connectivity index (χ4n) is 0.927. The first-order chi connectivity index (χ1) is 7.10. The monoisotopic (exact) mass is 236 g/mol. The van der Waals surface area contributed by atoms with Gasteiger partial charge in [-0.05, 0) is 0 Å². The summed E-state index contributed by atoms with van der Waals surface area (Å²) in [5, 5.41) is 0. The van der Waals surface area contributed by atoms with Crippen molar-refractivity contribution in [2.75, 3.05) is 21.3 Å². The summed E-state index contributed by atoms with van der Waals surface area (Å²) in [5.41, 5.74) is 0. The molecule has 4 heteroatoms. The summed E-state index contributed by atoms with van der Waals surface area (Å²) in [6.07, 6.45) is 7.01. The van der Waals surface area contributed by atoms with Gasteiger partial charge in [-0.1, -0.05) is 46.0 Å². The molecule has 0 aliphatic rings. The van der Waals surface area contributed by atoms with Crippen LogP contribution in [0.25, 0.3) is 0 Å². The normalized spacial score (nSPS) is 10.8. The summed E-state index contributed by atoms with van der Waals surface area (Å²) >= 11 is 0. The minimum atomic E-state index is -2.17. The molecular formula is C11H28O3Si. The van der Waals surface area contributed by atoms with Gasteiger partial charge in [-0.25, -0.2) is 0 Å². The Morgan fingerprint density at radius 3 is 1.20 bits per heavy atom. The number of hydrogen-bond donors (Lipinski definition) is 0. The van der Waals surface area contributed by atoms with Gasteiger partial charge >= 0.3 is 8.80 Å². The SMILES string of the molecule is CCCCCCC.CO[Si](C)(OC)OC. The molecule has 0 aliphatic carbocycles. The number of unbranched alkanes of at least 4 members (excludes halogenated alkanes) is 4. The molecule has 0 fully saturated rings. The average Bonchev–Trinajstić information content (AvgIpc) is 2.30. The van der Waals surface area contributed by atoms with Crippen molar-refractivity contribution < 1.29 is 13.3 Å². The highest BCUT2D eigenvalue weighted by molar-refractivity contribution is 6.58. The maximum absolute atomic E-state index is 4.93. The van der Waals surface area contributed by atoms with Crippen LogP contribution >= 0.6 is 0 Å². The third kappa shape index (κ3) is 12.0. The summed E-state index contributed by atoms with van der Waals surface area (Å²) in [4.78, 5) is 0. The van der Waals surface area contributed by atoms with E-state index in [1.54, 1.807) is 21.3 Å². The van der Waals surface area contributed by atoms with E-state index >= 15 is 0 Å². The highest BCUT2D eigenvalue weighted by Crippen LogP contribution is 2.02. The van der Waals surface area contributed by atoms with Gasteiger partial charge in [0, 0.05) is 27.9 Å². The van der Waals surface area contributed by atoms with E-state index in [2.05, 4.69) is 13.8 Å². The average molecular weight is 236 g/mol. The summed E-state index contributed by atoms with van der Waals surface area (Å²) in [5.74, 6) is 0. The molecule has 0 rings (SSSR count). The largest absolute Gasteiger partial charge is 0.496 e. The highest BCUT2D eigenvalue weighted by Gasteiger charge is 2.29. The van der Waals surface area contributed by atoms with Crippen LogP contribution in [0.1, 0.15) is 46.0 Å². The van der Waals surface area contributed by atoms with Crippen LogP contribution in [-0.4, -0.2) is 30.1 Å². The molecule has 15 heavy (non-hydrogen) atoms. The molecule has 3 nitrogen and oxygen atoms in total. The van der Waals surface area contributed by atoms with Crippen molar-refractivity contribution in [2.24, 2.45) is 0 Å². The van der Waals surface area contributed by atoms with Crippen molar-refractivity contribution in [1.29, 1.82) is 0 Å². The lowest BCUT2D eigenvalue weighted by Gasteiger charge is -2.18. The van der Waals surface area contributed by atoms with E-state index < -0.39 is 8.80 Å². The van der Waals surface area contributed by atoms with Crippen LogP contribution < -0.4 is 0 Å². The zero-order chi connectivity index (χ0) is 12.2. The van der Waals surface area contributed by atoms with Crippen molar-refractivity contribution >= 4 is 8.80 Å². The molecule has 0 saturated heterocycles. The van der Waals surface area contributed by atoms with Crippen LogP contribution in [-0.2, 0) is 13.3 Å². The van der Waals surface area contributed by atoms with E-state index in [-0.39, 0.29) is 0 Å². The minimum Gasteiger partial charge on any atom is -0.377 e. The molecule has 0 radical (unpaired) electrons. The minimum absolute atomic E-state index is 1.36. The number of rotatable bonds is 7. The van der Waals surface area contributed by atoms with E-state index in [0.29, 0.717) is 0 Å². The van der Waals surface area contributed by atoms with Crippen LogP contribution in [0.2, 0.25) is 6.55 Å². The first kappa shape index (κ1) is 17.5. The Morgan fingerprint density at radius 2 is 1.07 bits per heavy atom. The van der Waals surface area contributed by atoms with Gasteiger partial charge in [0.15, 0.2) is 0 Å². The molecule has 94 valence electrons. The lowest BCUT2D eigenvalue weighted by molar-refractivity contribution is 0.132. The Labute approximate surface area is 96.5 Å². The van der Waals surface area contributed by atoms with Crippen LogP contribution in [0, 0.1) is 0 Å². The van der Waals surface area contributed by atoms with E-state index in [9.17, 15) is 0 Å². The topological polar surface area (TPSA) is 27.7 Å². The fraction of sp³-hybridized carbons (Fsp3) is 1.00. The Bertz CT molecular complexity index is 104. The molecule has 0 amide bonds. The zero-order valence-corrected chi connectivity index (χ0v) is 12.3. The molecule has 0 aromatic rings. The standard InChI is InChI=1S/C7H16.C4H12O3Si/c1-3-5-7-6-4-2;1-5-8(4,6-2)7-3/h3-7H2,1-2H3;1-4H3. The highest BCUT2D eigenvalue weighted by atomic mass is 28.4. The Kier molecular flexibility index (Phi) is 14.2. The van der Waals surface area contributed by atoms with Gasteiger partial charge in [0.1, 0.15) is 0 Å². The molecule has 0 atom stereocenters. The van der Waals surface area contributed by atoms with Gasteiger partial charge in [0.05, 0.1) is 0 Å². The van der Waals surface area contributed by atoms with Crippen molar-refractivity contribution in [3.05, 3.63) is 0 Å². The molecule has 0 aliphatic heterocycles. The second kappa shape index (κ2) is 12.2. The van der Waals surface area contributed by atoms with Gasteiger partial charge in [-0.15, -0.1) is 0 Å². The van der Waals surface area contributed by atoms with Crippen molar-refractivity contribution in [3.8, 4) is 0 Å². The van der Waals surface area contributed by atoms with E-state index in [4.69, 9.17) is 13.3 Å². The van der Waals surface area contributed by atoms with Gasteiger partial charge in [-0.3, -0.25) is 0 Å². The Morgan fingerprint density at radius 1 is 0.733 bits per heavy atom. The quantitative estimate of drug-likeness (QED) is 0.500. The summed E-state index contributed by atoms with van der Waals surface area (Å²) in [6.45, 7) is 6.32. The molecule has 0 aromatic carbocycles. The summed E-state index contributed by atoms with van der Waals surface area (Å²) in [6, 6.07) is 0. The smallest absolute Gasteiger partial charge is 0.377 e. The molecule has 0 heterocycles. The van der Waals surface area contributed by atoms with Crippen LogP contribution in [0.5, 0.6) is 0 Å². The third-order valence-electron chi connectivity index (χ3n) is 2.32. The zero-order valence-electron chi connectivity index (χ0n) is 11.3. The summed E-state index contributed by atoms with van der Waals surface area (Å²) < 4.78 is 14.8. The second-order valence-electron chi connectivity index (χ2n) is 3.54. The van der Waals surface area contributed by atoms with Gasteiger partial charge in [0.25, 0.3) is 0 Å². The van der Waals surface area contributed by atoms with Gasteiger partial charge in [0.2, 0.25) is 0 Å². The molecule has 0 spiro atoms. The van der Waals surface area contributed by atoms with E-state index in [1.165, 1.54) is 32.1 Å². The maximum Gasteiger partial charge on any atom is 0.496 e. The van der Waals surface area contributed by atoms with Crippen molar-refractivity contribution in [1.82, 2.24) is 0 Å². The van der Waals surface area contributed by atoms with E-state index in [1.807, 2.05) is 6.55 Å². The molecule has 0 bridgehead atoms. The predicted octanol–water partition coefficient (Wildman–Crippen LogP) is 3.47. The molecule has 0 aromatic heterocycles. The molecule has 0 N–H and O–H groups in total. The van der Waals surface area contributed by atoms with Gasteiger partial charge in [-0.2, -0.15) is 0 Å². The predicted molar refractivity (Wildman–Crippen MR) is 67.1 cm³/mol. The third-order valence-corrected chi connectivity index (χ3v) is 4.54. The number of hydrogen-bond acceptors (Lipinski definition) is 3. The van der Waals surface area contributed by atoms with Gasteiger partial charge < -0.3 is 13.3 Å². The Balaban J connectivity index is 0. The fourth-order valence-corrected chi connectivity index (χ4v) is 1.43. The van der Waals surface area contributed by atoms with Crippen molar-refractivity contribution in [2.45, 2.75) is 52.5 Å². The second-order valence-corrected chi connectivity index (χ2v) is 6.48. The van der Waals surface area contributed by atoms with Crippen LogP contribution in [0.3, 0.4) is 0 Å². The lowest BCUT2D eigenvalue weighted by atomic mass is 10.2. The van der Waals surface area contributed by atoms with Crippen LogP contribution in [0.4, 0.5) is 0 Å². The Hall–Kier alpha value is 0.0969. The molecule has 0 unspecified atom stereocenters. The first-order valence-electron chi connectivity index (χ1n) is 5.75. The van der Waals surface area contributed by atoms with Crippen LogP contribution in [0.15, 0.2) is 0 Å². The maximum atomic E-state index is 4.93. The first-order valence-corrected chi connectivity index (χ1v) is 7.98. The molecular weight excluding hydrogens is 208 g/mol. The molecule has 0 saturated carbocycles. The summed E-state index contributed by atoms with van der Waals surface area (Å²) in [7, 11) is 2.58. The lowest BCUT2D eigenvalue weighted by Crippen LogP contribution is -2.38. The van der Waals surface area contributed by atoms with Crippen molar-refractivity contribution in [3.63, 3.8) is 0 Å². The van der Waals surface area contributed by atoms with E-state index in [0.717, 1.165) is 0 Å².